The van der Waals surface area contributed by atoms with Crippen LogP contribution >= 0.6 is 0 Å². The van der Waals surface area contributed by atoms with Gasteiger partial charge in [-0.15, -0.1) is 0 Å². The van der Waals surface area contributed by atoms with Gasteiger partial charge in [-0.2, -0.15) is 0 Å². The third-order valence-electron chi connectivity index (χ3n) is 7.15. The van der Waals surface area contributed by atoms with Crippen LogP contribution in [0.1, 0.15) is 61.0 Å². The van der Waals surface area contributed by atoms with Crippen LogP contribution in [0.5, 0.6) is 0 Å². The molecule has 1 aliphatic rings. The molecule has 0 aliphatic carbocycles. The van der Waals surface area contributed by atoms with Crippen LogP contribution in [-0.2, 0) is 14.8 Å². The summed E-state index contributed by atoms with van der Waals surface area (Å²) < 4.78 is 27.9. The number of hydrogen-bond acceptors (Lipinski definition) is 5. The molecule has 40 heavy (non-hydrogen) atoms. The smallest absolute Gasteiger partial charge is 0.253 e. The van der Waals surface area contributed by atoms with Crippen molar-refractivity contribution in [3.05, 3.63) is 89.5 Å². The molecule has 8 nitrogen and oxygen atoms in total. The van der Waals surface area contributed by atoms with Crippen molar-refractivity contribution in [2.45, 2.75) is 44.4 Å². The van der Waals surface area contributed by atoms with E-state index in [1.807, 2.05) is 51.1 Å². The van der Waals surface area contributed by atoms with Gasteiger partial charge >= 0.3 is 0 Å². The molecule has 1 aliphatic heterocycles. The molecule has 3 aromatic rings. The lowest BCUT2D eigenvalue weighted by molar-refractivity contribution is -0.115. The Balaban J connectivity index is 1.77. The van der Waals surface area contributed by atoms with Crippen molar-refractivity contribution in [1.29, 1.82) is 0 Å². The summed E-state index contributed by atoms with van der Waals surface area (Å²) in [5, 5.41) is 2.90. The Hall–Kier alpha value is -3.82. The van der Waals surface area contributed by atoms with Gasteiger partial charge in [0.2, 0.25) is 15.9 Å². The van der Waals surface area contributed by atoms with E-state index in [0.717, 1.165) is 18.4 Å². The highest BCUT2D eigenvalue weighted by Gasteiger charge is 2.37. The van der Waals surface area contributed by atoms with Crippen molar-refractivity contribution >= 4 is 38.9 Å². The maximum Gasteiger partial charge on any atom is 0.253 e. The number of unbranched alkanes of at least 4 members (excludes halogenated alkanes) is 1. The van der Waals surface area contributed by atoms with E-state index >= 15 is 0 Å². The Bertz CT molecular complexity index is 1500. The van der Waals surface area contributed by atoms with E-state index in [9.17, 15) is 18.0 Å². The summed E-state index contributed by atoms with van der Waals surface area (Å²) in [5.41, 5.74) is 3.51. The minimum Gasteiger partial charge on any atom is -0.339 e. The predicted octanol–water partition coefficient (Wildman–Crippen LogP) is 5.45. The minimum absolute atomic E-state index is 0.0504. The average Bonchev–Trinajstić information content (AvgIpc) is 3.30. The minimum atomic E-state index is -3.73. The summed E-state index contributed by atoms with van der Waals surface area (Å²) in [6, 6.07) is 21.1. The predicted molar refractivity (Wildman–Crippen MR) is 159 cm³/mol. The van der Waals surface area contributed by atoms with Crippen molar-refractivity contribution in [2.75, 3.05) is 32.0 Å². The maximum atomic E-state index is 13.4. The number of aliphatic imine (C=N–C) groups is 1. The number of carbonyl (C=O) groups excluding carboxylic acids is 2. The topological polar surface area (TPSA) is 99.2 Å². The number of amides is 2. The lowest BCUT2D eigenvalue weighted by atomic mass is 9.90. The van der Waals surface area contributed by atoms with Gasteiger partial charge in [0.25, 0.3) is 5.91 Å². The molecule has 1 heterocycles. The van der Waals surface area contributed by atoms with E-state index in [1.54, 1.807) is 48.3 Å². The fourth-order valence-electron chi connectivity index (χ4n) is 4.77. The Morgan fingerprint density at radius 1 is 0.925 bits per heavy atom. The first-order valence-corrected chi connectivity index (χ1v) is 15.1. The van der Waals surface area contributed by atoms with Gasteiger partial charge in [0, 0.05) is 37.9 Å². The first kappa shape index (κ1) is 29.2. The van der Waals surface area contributed by atoms with Crippen LogP contribution in [0.4, 0.5) is 11.4 Å². The SMILES string of the molecule is CCCCN(C)S(=O)(=O)c1ccc2c(c1)C(C(=Nc1ccc(C(=O)N(CC)CC)cc1)c1ccccc1)C(=O)N2. The van der Waals surface area contributed by atoms with E-state index in [1.165, 1.54) is 10.4 Å². The highest BCUT2D eigenvalue weighted by Crippen LogP contribution is 2.38. The molecule has 2 amide bonds. The van der Waals surface area contributed by atoms with E-state index in [4.69, 9.17) is 4.99 Å². The fourth-order valence-corrected chi connectivity index (χ4v) is 6.01. The Labute approximate surface area is 236 Å². The summed E-state index contributed by atoms with van der Waals surface area (Å²) in [4.78, 5) is 32.9. The molecular formula is C31H36N4O4S. The van der Waals surface area contributed by atoms with Crippen molar-refractivity contribution in [1.82, 2.24) is 9.21 Å². The monoisotopic (exact) mass is 560 g/mol. The molecule has 0 saturated heterocycles. The number of nitrogens with zero attached hydrogens (tertiary/aromatic N) is 3. The van der Waals surface area contributed by atoms with E-state index in [-0.39, 0.29) is 16.7 Å². The zero-order chi connectivity index (χ0) is 28.9. The Kier molecular flexibility index (Phi) is 9.17. The molecule has 1 N–H and O–H groups in total. The number of hydrogen-bond donors (Lipinski definition) is 1. The number of fused-ring (bicyclic) bond motifs is 1. The number of rotatable bonds is 11. The summed E-state index contributed by atoms with van der Waals surface area (Å²) in [7, 11) is -2.15. The molecule has 210 valence electrons. The van der Waals surface area contributed by atoms with Crippen LogP contribution in [0.2, 0.25) is 0 Å². The normalized spacial score (nSPS) is 15.2. The van der Waals surface area contributed by atoms with Crippen LogP contribution in [-0.4, -0.2) is 61.8 Å². The van der Waals surface area contributed by atoms with Crippen LogP contribution in [0, 0.1) is 0 Å². The van der Waals surface area contributed by atoms with Crippen LogP contribution in [0.25, 0.3) is 0 Å². The Morgan fingerprint density at radius 3 is 2.23 bits per heavy atom. The third-order valence-corrected chi connectivity index (χ3v) is 9.00. The van der Waals surface area contributed by atoms with Crippen LogP contribution < -0.4 is 5.32 Å². The molecule has 1 unspecified atom stereocenters. The maximum absolute atomic E-state index is 13.4. The number of benzene rings is 3. The van der Waals surface area contributed by atoms with E-state index < -0.39 is 15.9 Å². The molecular weight excluding hydrogens is 524 g/mol. The molecule has 0 radical (unpaired) electrons. The molecule has 9 heteroatoms. The van der Waals surface area contributed by atoms with E-state index in [0.29, 0.717) is 47.8 Å². The standard InChI is InChI=1S/C31H36N4O4S/c1-5-8-20-34(4)40(38,39)25-18-19-27-26(21-25)28(30(36)33-27)29(22-12-10-9-11-13-22)32-24-16-14-23(15-17-24)31(37)35(6-2)7-3/h9-19,21,28H,5-8,20H2,1-4H3,(H,33,36). The fraction of sp³-hybridized carbons (Fsp3) is 0.323. The van der Waals surface area contributed by atoms with Crippen molar-refractivity contribution < 1.29 is 18.0 Å². The molecule has 0 bridgehead atoms. The second-order valence-corrected chi connectivity index (χ2v) is 11.8. The first-order chi connectivity index (χ1) is 19.2. The number of nitrogens with one attached hydrogen (secondary N) is 1. The lowest BCUT2D eigenvalue weighted by Gasteiger charge is -2.19. The lowest BCUT2D eigenvalue weighted by Crippen LogP contribution is -2.30. The molecule has 3 aromatic carbocycles. The van der Waals surface area contributed by atoms with Gasteiger partial charge < -0.3 is 10.2 Å². The second kappa shape index (κ2) is 12.6. The van der Waals surface area contributed by atoms with Gasteiger partial charge in [0.15, 0.2) is 0 Å². The number of sulfonamides is 1. The third kappa shape index (κ3) is 6.00. The second-order valence-electron chi connectivity index (χ2n) is 9.74. The average molecular weight is 561 g/mol. The zero-order valence-corrected chi connectivity index (χ0v) is 24.2. The van der Waals surface area contributed by atoms with Gasteiger partial charge in [-0.25, -0.2) is 12.7 Å². The van der Waals surface area contributed by atoms with E-state index in [2.05, 4.69) is 5.32 Å². The quantitative estimate of drug-likeness (QED) is 0.316. The molecule has 4 rings (SSSR count). The largest absolute Gasteiger partial charge is 0.339 e. The van der Waals surface area contributed by atoms with Crippen LogP contribution in [0.3, 0.4) is 0 Å². The Morgan fingerprint density at radius 2 is 1.60 bits per heavy atom. The highest BCUT2D eigenvalue weighted by atomic mass is 32.2. The molecule has 0 aromatic heterocycles. The van der Waals surface area contributed by atoms with Gasteiger partial charge in [-0.05, 0) is 73.9 Å². The molecule has 1 atom stereocenters. The van der Waals surface area contributed by atoms with Gasteiger partial charge in [0.05, 0.1) is 16.3 Å². The zero-order valence-electron chi connectivity index (χ0n) is 23.4. The number of carbonyl (C=O) groups is 2. The summed E-state index contributed by atoms with van der Waals surface area (Å²) >= 11 is 0. The first-order valence-electron chi connectivity index (χ1n) is 13.7. The van der Waals surface area contributed by atoms with Gasteiger partial charge in [0.1, 0.15) is 5.92 Å². The molecule has 0 fully saturated rings. The van der Waals surface area contributed by atoms with Crippen LogP contribution in [0.15, 0.2) is 82.7 Å². The van der Waals surface area contributed by atoms with Crippen molar-refractivity contribution in [3.8, 4) is 0 Å². The van der Waals surface area contributed by atoms with Crippen molar-refractivity contribution in [2.24, 2.45) is 4.99 Å². The summed E-state index contributed by atoms with van der Waals surface area (Å²) in [6.07, 6.45) is 1.64. The number of anilines is 1. The van der Waals surface area contributed by atoms with Gasteiger partial charge in [-0.1, -0.05) is 43.7 Å². The summed E-state index contributed by atoms with van der Waals surface area (Å²) in [5.74, 6) is -1.14. The summed E-state index contributed by atoms with van der Waals surface area (Å²) in [6.45, 7) is 7.55. The highest BCUT2D eigenvalue weighted by molar-refractivity contribution is 7.89. The molecule has 0 spiro atoms. The molecule has 0 saturated carbocycles. The van der Waals surface area contributed by atoms with Gasteiger partial charge in [-0.3, -0.25) is 14.6 Å². The van der Waals surface area contributed by atoms with Crippen molar-refractivity contribution in [3.63, 3.8) is 0 Å².